The molecule has 1 saturated carbocycles. The van der Waals surface area contributed by atoms with Gasteiger partial charge in [0.2, 0.25) is 0 Å². The van der Waals surface area contributed by atoms with E-state index in [1.807, 2.05) is 6.92 Å². The third kappa shape index (κ3) is 2.50. The molecule has 0 amide bonds. The number of aliphatic hydroxyl groups is 1. The van der Waals surface area contributed by atoms with Crippen LogP contribution in [0, 0.1) is 5.41 Å². The minimum atomic E-state index is -0.289. The number of aliphatic hydroxyl groups excluding tert-OH is 1. The van der Waals surface area contributed by atoms with Crippen LogP contribution in [0.1, 0.15) is 32.8 Å². The first kappa shape index (κ1) is 14.4. The van der Waals surface area contributed by atoms with Crippen LogP contribution in [0.2, 0.25) is 0 Å². The van der Waals surface area contributed by atoms with Gasteiger partial charge in [-0.2, -0.15) is 0 Å². The molecule has 1 fully saturated rings. The summed E-state index contributed by atoms with van der Waals surface area (Å²) in [6, 6.07) is 0. The van der Waals surface area contributed by atoms with E-state index in [1.165, 1.54) is 6.33 Å². The van der Waals surface area contributed by atoms with Crippen molar-refractivity contribution in [1.82, 2.24) is 15.3 Å². The standard InChI is InChI=1S/C14H23N3O2/c1-4-19-12-5-14(9-18,13(12,2)3)17-8-11-6-15-10-16-7-11/h6-7,10,12,17-18H,4-5,8-9H2,1-3H3/t12-,14+/m1/s1. The van der Waals surface area contributed by atoms with Crippen molar-refractivity contribution in [2.45, 2.75) is 45.4 Å². The summed E-state index contributed by atoms with van der Waals surface area (Å²) in [5.41, 5.74) is 0.641. The van der Waals surface area contributed by atoms with E-state index in [9.17, 15) is 5.11 Å². The Kier molecular flexibility index (Phi) is 4.18. The largest absolute Gasteiger partial charge is 0.394 e. The topological polar surface area (TPSA) is 67.3 Å². The molecule has 5 heteroatoms. The molecule has 2 N–H and O–H groups in total. The summed E-state index contributed by atoms with van der Waals surface area (Å²) in [6.45, 7) is 7.76. The monoisotopic (exact) mass is 265 g/mol. The number of rotatable bonds is 6. The van der Waals surface area contributed by atoms with Gasteiger partial charge in [-0.25, -0.2) is 9.97 Å². The van der Waals surface area contributed by atoms with Crippen molar-refractivity contribution in [3.8, 4) is 0 Å². The van der Waals surface area contributed by atoms with Gasteiger partial charge in [0.25, 0.3) is 0 Å². The Labute approximate surface area is 114 Å². The van der Waals surface area contributed by atoms with Gasteiger partial charge in [0.05, 0.1) is 18.2 Å². The minimum Gasteiger partial charge on any atom is -0.394 e. The van der Waals surface area contributed by atoms with Crippen LogP contribution in [0.3, 0.4) is 0 Å². The van der Waals surface area contributed by atoms with Crippen LogP contribution in [-0.4, -0.2) is 39.9 Å². The molecule has 0 saturated heterocycles. The van der Waals surface area contributed by atoms with Gasteiger partial charge in [0.15, 0.2) is 0 Å². The first-order valence-electron chi connectivity index (χ1n) is 6.77. The van der Waals surface area contributed by atoms with E-state index < -0.39 is 0 Å². The molecule has 0 unspecified atom stereocenters. The van der Waals surface area contributed by atoms with E-state index in [1.54, 1.807) is 12.4 Å². The van der Waals surface area contributed by atoms with Crippen molar-refractivity contribution in [2.24, 2.45) is 5.41 Å². The molecule has 5 nitrogen and oxygen atoms in total. The second-order valence-corrected chi connectivity index (χ2v) is 5.71. The van der Waals surface area contributed by atoms with E-state index in [0.717, 1.165) is 12.0 Å². The van der Waals surface area contributed by atoms with E-state index >= 15 is 0 Å². The van der Waals surface area contributed by atoms with Gasteiger partial charge >= 0.3 is 0 Å². The Morgan fingerprint density at radius 1 is 1.42 bits per heavy atom. The molecule has 0 aliphatic heterocycles. The second-order valence-electron chi connectivity index (χ2n) is 5.71. The van der Waals surface area contributed by atoms with Crippen molar-refractivity contribution < 1.29 is 9.84 Å². The number of ether oxygens (including phenoxy) is 1. The summed E-state index contributed by atoms with van der Waals surface area (Å²) in [6.07, 6.45) is 6.12. The SMILES string of the molecule is CCO[C@@H]1C[C@@](CO)(NCc2cncnc2)C1(C)C. The Morgan fingerprint density at radius 2 is 2.11 bits per heavy atom. The summed E-state index contributed by atoms with van der Waals surface area (Å²) in [5.74, 6) is 0. The molecule has 2 rings (SSSR count). The lowest BCUT2D eigenvalue weighted by molar-refractivity contribution is -0.177. The molecule has 0 aromatic carbocycles. The van der Waals surface area contributed by atoms with Crippen LogP contribution in [0.5, 0.6) is 0 Å². The molecule has 0 radical (unpaired) electrons. The smallest absolute Gasteiger partial charge is 0.115 e. The van der Waals surface area contributed by atoms with Crippen molar-refractivity contribution in [3.63, 3.8) is 0 Å². The minimum absolute atomic E-state index is 0.0899. The fourth-order valence-electron chi connectivity index (χ4n) is 2.80. The summed E-state index contributed by atoms with van der Waals surface area (Å²) >= 11 is 0. The molecule has 1 heterocycles. The van der Waals surface area contributed by atoms with Gasteiger partial charge in [-0.05, 0) is 13.3 Å². The second kappa shape index (κ2) is 5.53. The fraction of sp³-hybridized carbons (Fsp3) is 0.714. The zero-order valence-electron chi connectivity index (χ0n) is 11.9. The van der Waals surface area contributed by atoms with E-state index in [4.69, 9.17) is 4.74 Å². The number of nitrogens with one attached hydrogen (secondary N) is 1. The zero-order chi connectivity index (χ0) is 13.9. The maximum absolute atomic E-state index is 9.79. The van der Waals surface area contributed by atoms with Crippen LogP contribution < -0.4 is 5.32 Å². The van der Waals surface area contributed by atoms with Crippen molar-refractivity contribution in [2.75, 3.05) is 13.2 Å². The number of aromatic nitrogens is 2. The number of hydrogen-bond donors (Lipinski definition) is 2. The Bertz CT molecular complexity index is 410. The summed E-state index contributed by atoms with van der Waals surface area (Å²) in [4.78, 5) is 7.99. The molecule has 1 aromatic rings. The van der Waals surface area contributed by atoms with Crippen molar-refractivity contribution in [1.29, 1.82) is 0 Å². The number of nitrogens with zero attached hydrogens (tertiary/aromatic N) is 2. The van der Waals surface area contributed by atoms with E-state index in [-0.39, 0.29) is 23.7 Å². The Morgan fingerprint density at radius 3 is 2.63 bits per heavy atom. The molecular formula is C14H23N3O2. The average molecular weight is 265 g/mol. The first-order valence-corrected chi connectivity index (χ1v) is 6.77. The highest BCUT2D eigenvalue weighted by molar-refractivity contribution is 5.16. The highest BCUT2D eigenvalue weighted by atomic mass is 16.5. The van der Waals surface area contributed by atoms with Gasteiger partial charge in [-0.15, -0.1) is 0 Å². The molecule has 0 spiro atoms. The summed E-state index contributed by atoms with van der Waals surface area (Å²) in [5, 5.41) is 13.3. The summed E-state index contributed by atoms with van der Waals surface area (Å²) in [7, 11) is 0. The van der Waals surface area contributed by atoms with Gasteiger partial charge in [0.1, 0.15) is 6.33 Å². The average Bonchev–Trinajstić information content (AvgIpc) is 2.43. The zero-order valence-corrected chi connectivity index (χ0v) is 11.9. The lowest BCUT2D eigenvalue weighted by atomic mass is 9.54. The van der Waals surface area contributed by atoms with Crippen molar-refractivity contribution in [3.05, 3.63) is 24.3 Å². The Balaban J connectivity index is 2.01. The predicted molar refractivity (Wildman–Crippen MR) is 72.5 cm³/mol. The molecule has 1 aromatic heterocycles. The molecular weight excluding hydrogens is 242 g/mol. The van der Waals surface area contributed by atoms with Gasteiger partial charge in [-0.1, -0.05) is 13.8 Å². The molecule has 106 valence electrons. The highest BCUT2D eigenvalue weighted by Crippen LogP contribution is 2.51. The first-order chi connectivity index (χ1) is 9.05. The maximum atomic E-state index is 9.79. The third-order valence-corrected chi connectivity index (χ3v) is 4.45. The summed E-state index contributed by atoms with van der Waals surface area (Å²) < 4.78 is 5.73. The highest BCUT2D eigenvalue weighted by Gasteiger charge is 2.60. The van der Waals surface area contributed by atoms with Crippen LogP contribution in [-0.2, 0) is 11.3 Å². The molecule has 2 atom stereocenters. The fourth-order valence-corrected chi connectivity index (χ4v) is 2.80. The van der Waals surface area contributed by atoms with Crippen LogP contribution in [0.25, 0.3) is 0 Å². The van der Waals surface area contributed by atoms with E-state index in [0.29, 0.717) is 13.2 Å². The lowest BCUT2D eigenvalue weighted by Gasteiger charge is -2.60. The van der Waals surface area contributed by atoms with E-state index in [2.05, 4.69) is 29.1 Å². The Hall–Kier alpha value is -1.04. The predicted octanol–water partition coefficient (Wildman–Crippen LogP) is 1.13. The van der Waals surface area contributed by atoms with Crippen molar-refractivity contribution >= 4 is 0 Å². The quantitative estimate of drug-likeness (QED) is 0.807. The number of hydrogen-bond acceptors (Lipinski definition) is 5. The lowest BCUT2D eigenvalue weighted by Crippen LogP contribution is -2.73. The van der Waals surface area contributed by atoms with Crippen LogP contribution in [0.15, 0.2) is 18.7 Å². The molecule has 1 aliphatic carbocycles. The maximum Gasteiger partial charge on any atom is 0.115 e. The van der Waals surface area contributed by atoms with Crippen LogP contribution >= 0.6 is 0 Å². The van der Waals surface area contributed by atoms with Crippen LogP contribution in [0.4, 0.5) is 0 Å². The molecule has 19 heavy (non-hydrogen) atoms. The van der Waals surface area contributed by atoms with Gasteiger partial charge < -0.3 is 15.2 Å². The molecule has 1 aliphatic rings. The van der Waals surface area contributed by atoms with Gasteiger partial charge in [-0.3, -0.25) is 0 Å². The third-order valence-electron chi connectivity index (χ3n) is 4.45. The normalized spacial score (nSPS) is 28.9. The van der Waals surface area contributed by atoms with Gasteiger partial charge in [0, 0.05) is 36.5 Å². The molecule has 0 bridgehead atoms.